The molecule has 1 aromatic rings. The van der Waals surface area contributed by atoms with Gasteiger partial charge in [0.15, 0.2) is 0 Å². The summed E-state index contributed by atoms with van der Waals surface area (Å²) in [6, 6.07) is 6.10. The van der Waals surface area contributed by atoms with Crippen LogP contribution in [0.4, 0.5) is 0 Å². The van der Waals surface area contributed by atoms with Gasteiger partial charge in [-0.15, -0.1) is 0 Å². The number of aliphatic carboxylic acids is 1. The van der Waals surface area contributed by atoms with Gasteiger partial charge in [-0.2, -0.15) is 0 Å². The number of hydrogen-bond acceptors (Lipinski definition) is 5. The van der Waals surface area contributed by atoms with Crippen LogP contribution in [0, 0.1) is 0 Å². The first-order chi connectivity index (χ1) is 8.04. The van der Waals surface area contributed by atoms with Crippen LogP contribution in [0.25, 0.3) is 0 Å². The highest BCUT2D eigenvalue weighted by Crippen LogP contribution is 2.10. The van der Waals surface area contributed by atoms with Crippen LogP contribution in [0.3, 0.4) is 0 Å². The van der Waals surface area contributed by atoms with Crippen molar-refractivity contribution < 1.29 is 19.4 Å². The summed E-state index contributed by atoms with van der Waals surface area (Å²) in [6.45, 7) is -0.00463. The molecule has 1 unspecified atom stereocenters. The van der Waals surface area contributed by atoms with Crippen LogP contribution < -0.4 is 16.2 Å². The summed E-state index contributed by atoms with van der Waals surface area (Å²) in [5, 5.41) is 7.98. The molecule has 0 spiro atoms. The predicted molar refractivity (Wildman–Crippen MR) is 63.0 cm³/mol. The monoisotopic (exact) mass is 240 g/mol. The number of ether oxygens (including phenoxy) is 1. The summed E-state index contributed by atoms with van der Waals surface area (Å²) in [4.78, 5) is 19.9. The van der Waals surface area contributed by atoms with Crippen LogP contribution in [-0.2, 0) is 4.79 Å². The summed E-state index contributed by atoms with van der Waals surface area (Å²) < 4.78 is 4.90. The molecule has 0 aromatic heterocycles. The van der Waals surface area contributed by atoms with Gasteiger partial charge in [-0.25, -0.2) is 0 Å². The second-order valence-corrected chi connectivity index (χ2v) is 3.07. The van der Waals surface area contributed by atoms with Crippen molar-refractivity contribution in [3.05, 3.63) is 29.8 Å². The average Bonchev–Trinajstić information content (AvgIpc) is 2.38. The van der Waals surface area contributed by atoms with Crippen molar-refractivity contribution in [2.45, 2.75) is 6.04 Å². The molecule has 0 heterocycles. The number of hydrogen-bond donors (Lipinski definition) is 3. The maximum Gasteiger partial charge on any atom is 0.321 e. The number of nitrogens with two attached hydrogens (primary N) is 2. The molecule has 0 aliphatic heterocycles. The molecule has 0 radical (unpaired) electrons. The minimum absolute atomic E-state index is 0.00463. The summed E-state index contributed by atoms with van der Waals surface area (Å²) in [6.07, 6.45) is 0.794. The summed E-state index contributed by atoms with van der Waals surface area (Å²) in [5.41, 5.74) is 10.4. The third-order valence-electron chi connectivity index (χ3n) is 1.80. The average molecular weight is 240 g/mol. The molecule has 1 aromatic carbocycles. The van der Waals surface area contributed by atoms with Gasteiger partial charge in [0.2, 0.25) is 0 Å². The first kappa shape index (κ1) is 15.1. The molecule has 0 fully saturated rings. The van der Waals surface area contributed by atoms with E-state index in [1.165, 1.54) is 0 Å². The van der Waals surface area contributed by atoms with Gasteiger partial charge < -0.3 is 21.3 Å². The molecular weight excluding hydrogens is 224 g/mol. The van der Waals surface area contributed by atoms with Gasteiger partial charge >= 0.3 is 5.97 Å². The molecule has 1 rings (SSSR count). The highest BCUT2D eigenvalue weighted by atomic mass is 16.5. The lowest BCUT2D eigenvalue weighted by molar-refractivity contribution is -0.138. The lowest BCUT2D eigenvalue weighted by Gasteiger charge is -1.97. The fourth-order valence-corrected chi connectivity index (χ4v) is 0.816. The van der Waals surface area contributed by atoms with Crippen molar-refractivity contribution in [2.24, 2.45) is 11.5 Å². The molecule has 6 heteroatoms. The third kappa shape index (κ3) is 6.29. The molecule has 0 bridgehead atoms. The number of benzene rings is 1. The van der Waals surface area contributed by atoms with Crippen molar-refractivity contribution in [3.63, 3.8) is 0 Å². The van der Waals surface area contributed by atoms with Crippen molar-refractivity contribution in [1.82, 2.24) is 0 Å². The summed E-state index contributed by atoms with van der Waals surface area (Å²) >= 11 is 0. The minimum Gasteiger partial charge on any atom is -0.497 e. The first-order valence-corrected chi connectivity index (χ1v) is 4.82. The number of carbonyl (C=O) groups is 2. The number of aldehydes is 1. The van der Waals surface area contributed by atoms with Crippen LogP contribution in [0.2, 0.25) is 0 Å². The van der Waals surface area contributed by atoms with Crippen LogP contribution in [-0.4, -0.2) is 37.1 Å². The highest BCUT2D eigenvalue weighted by Gasteiger charge is 2.05. The van der Waals surface area contributed by atoms with Gasteiger partial charge in [0.05, 0.1) is 7.11 Å². The molecule has 5 N–H and O–H groups in total. The van der Waals surface area contributed by atoms with E-state index in [4.69, 9.17) is 21.3 Å². The van der Waals surface area contributed by atoms with Crippen LogP contribution in [0.15, 0.2) is 24.3 Å². The Bertz CT molecular complexity index is 368. The van der Waals surface area contributed by atoms with Crippen molar-refractivity contribution in [2.75, 3.05) is 13.7 Å². The summed E-state index contributed by atoms with van der Waals surface area (Å²) in [5.74, 6) is -0.341. The first-order valence-electron chi connectivity index (χ1n) is 4.82. The molecule has 1 atom stereocenters. The quantitative estimate of drug-likeness (QED) is 0.631. The van der Waals surface area contributed by atoms with E-state index in [1.807, 2.05) is 0 Å². The molecule has 0 saturated heterocycles. The number of carboxylic acid groups (broad SMARTS) is 1. The normalized spacial score (nSPS) is 10.8. The van der Waals surface area contributed by atoms with E-state index < -0.39 is 12.0 Å². The standard InChI is InChI=1S/C8H8O2.C3H8N2O2/c1-10-8-4-2-3-7(5-8)6-9;4-1-2(5)3(6)7/h2-6H,1H3;2H,1,4-5H2,(H,6,7). The minimum atomic E-state index is -1.05. The molecule has 0 amide bonds. The van der Waals surface area contributed by atoms with E-state index in [0.29, 0.717) is 11.3 Å². The smallest absolute Gasteiger partial charge is 0.321 e. The maximum atomic E-state index is 10.2. The van der Waals surface area contributed by atoms with Gasteiger partial charge in [-0.05, 0) is 12.1 Å². The van der Waals surface area contributed by atoms with E-state index in [2.05, 4.69) is 0 Å². The second-order valence-electron chi connectivity index (χ2n) is 3.07. The zero-order valence-corrected chi connectivity index (χ0v) is 9.50. The van der Waals surface area contributed by atoms with Gasteiger partial charge in [0.25, 0.3) is 0 Å². The number of carboxylic acids is 1. The molecule has 0 aliphatic carbocycles. The Morgan fingerprint density at radius 2 is 2.24 bits per heavy atom. The number of methoxy groups -OCH3 is 1. The Kier molecular flexibility index (Phi) is 7.32. The fraction of sp³-hybridized carbons (Fsp3) is 0.273. The molecular formula is C11H16N2O4. The van der Waals surface area contributed by atoms with E-state index in [9.17, 15) is 9.59 Å². The summed E-state index contributed by atoms with van der Waals surface area (Å²) in [7, 11) is 1.57. The van der Waals surface area contributed by atoms with Gasteiger partial charge in [0, 0.05) is 12.1 Å². The highest BCUT2D eigenvalue weighted by molar-refractivity contribution is 5.75. The second kappa shape index (κ2) is 8.26. The largest absolute Gasteiger partial charge is 0.497 e. The van der Waals surface area contributed by atoms with Crippen molar-refractivity contribution in [3.8, 4) is 5.75 Å². The SMILES string of the molecule is COc1cccc(C=O)c1.NCC(N)C(=O)O. The molecule has 6 nitrogen and oxygen atoms in total. The Balaban J connectivity index is 0.000000325. The van der Waals surface area contributed by atoms with E-state index in [0.717, 1.165) is 6.29 Å². The van der Waals surface area contributed by atoms with E-state index in [-0.39, 0.29) is 6.54 Å². The van der Waals surface area contributed by atoms with Crippen molar-refractivity contribution >= 4 is 12.3 Å². The Hall–Kier alpha value is -1.92. The van der Waals surface area contributed by atoms with E-state index in [1.54, 1.807) is 31.4 Å². The predicted octanol–water partition coefficient (Wildman–Crippen LogP) is -0.135. The van der Waals surface area contributed by atoms with Gasteiger partial charge in [0.1, 0.15) is 18.1 Å². The maximum absolute atomic E-state index is 10.2. The third-order valence-corrected chi connectivity index (χ3v) is 1.80. The molecule has 94 valence electrons. The van der Waals surface area contributed by atoms with Crippen molar-refractivity contribution in [1.29, 1.82) is 0 Å². The van der Waals surface area contributed by atoms with Crippen LogP contribution in [0.5, 0.6) is 5.75 Å². The van der Waals surface area contributed by atoms with E-state index >= 15 is 0 Å². The Morgan fingerprint density at radius 1 is 1.59 bits per heavy atom. The Morgan fingerprint density at radius 3 is 2.59 bits per heavy atom. The lowest BCUT2D eigenvalue weighted by atomic mass is 10.2. The van der Waals surface area contributed by atoms with Gasteiger partial charge in [-0.3, -0.25) is 9.59 Å². The zero-order valence-electron chi connectivity index (χ0n) is 9.50. The number of rotatable bonds is 4. The van der Waals surface area contributed by atoms with Crippen LogP contribution in [0.1, 0.15) is 10.4 Å². The van der Waals surface area contributed by atoms with Crippen LogP contribution >= 0.6 is 0 Å². The zero-order chi connectivity index (χ0) is 13.3. The number of carbonyl (C=O) groups excluding carboxylic acids is 1. The molecule has 0 saturated carbocycles. The lowest BCUT2D eigenvalue weighted by Crippen LogP contribution is -2.37. The topological polar surface area (TPSA) is 116 Å². The van der Waals surface area contributed by atoms with Gasteiger partial charge in [-0.1, -0.05) is 12.1 Å². The molecule has 17 heavy (non-hydrogen) atoms. The fourth-order valence-electron chi connectivity index (χ4n) is 0.816. The Labute approximate surface area is 99.2 Å². The molecule has 0 aliphatic rings.